The van der Waals surface area contributed by atoms with E-state index in [-0.39, 0.29) is 6.61 Å². The number of benzene rings is 2. The van der Waals surface area contributed by atoms with Crippen LogP contribution < -0.4 is 11.1 Å². The van der Waals surface area contributed by atoms with Crippen molar-refractivity contribution in [3.8, 4) is 0 Å². The maximum absolute atomic E-state index is 12.4. The van der Waals surface area contributed by atoms with E-state index in [9.17, 15) is 9.59 Å². The number of thiazole rings is 1. The zero-order valence-electron chi connectivity index (χ0n) is 15.0. The first-order valence-corrected chi connectivity index (χ1v) is 9.53. The monoisotopic (exact) mass is 395 g/mol. The van der Waals surface area contributed by atoms with E-state index in [1.54, 1.807) is 31.2 Å². The van der Waals surface area contributed by atoms with Crippen LogP contribution in [-0.4, -0.2) is 15.5 Å². The predicted molar refractivity (Wildman–Crippen MR) is 107 cm³/mol. The van der Waals surface area contributed by atoms with E-state index in [0.29, 0.717) is 21.9 Å². The van der Waals surface area contributed by atoms with Crippen molar-refractivity contribution >= 4 is 39.2 Å². The molecule has 1 unspecified atom stereocenters. The first-order valence-electron chi connectivity index (χ1n) is 8.65. The maximum atomic E-state index is 12.4. The summed E-state index contributed by atoms with van der Waals surface area (Å²) in [5.41, 5.74) is 2.55. The molecule has 7 nitrogen and oxygen atoms in total. The molecule has 0 aliphatic rings. The van der Waals surface area contributed by atoms with Crippen LogP contribution in [0.15, 0.2) is 69.2 Å². The van der Waals surface area contributed by atoms with E-state index in [1.807, 2.05) is 35.7 Å². The molecule has 2 aromatic heterocycles. The number of anilines is 2. The largest absolute Gasteiger partial charge is 0.458 e. The molecule has 2 aromatic carbocycles. The van der Waals surface area contributed by atoms with Crippen molar-refractivity contribution in [3.63, 3.8) is 0 Å². The van der Waals surface area contributed by atoms with Crippen molar-refractivity contribution in [2.45, 2.75) is 19.6 Å². The first kappa shape index (κ1) is 18.0. The lowest BCUT2D eigenvalue weighted by Gasteiger charge is -2.11. The van der Waals surface area contributed by atoms with E-state index in [2.05, 4.69) is 10.3 Å². The Morgan fingerprint density at radius 1 is 1.21 bits per heavy atom. The second-order valence-corrected chi connectivity index (χ2v) is 6.98. The summed E-state index contributed by atoms with van der Waals surface area (Å²) in [5, 5.41) is 5.73. The summed E-state index contributed by atoms with van der Waals surface area (Å²) in [4.78, 5) is 29.0. The number of hydrogen-bond acceptors (Lipinski definition) is 7. The van der Waals surface area contributed by atoms with Gasteiger partial charge >= 0.3 is 11.7 Å². The summed E-state index contributed by atoms with van der Waals surface area (Å²) in [6.07, 6.45) is 0. The highest BCUT2D eigenvalue weighted by atomic mass is 32.1. The molecule has 0 fully saturated rings. The van der Waals surface area contributed by atoms with Gasteiger partial charge in [0, 0.05) is 11.1 Å². The second kappa shape index (κ2) is 7.69. The van der Waals surface area contributed by atoms with Gasteiger partial charge in [0.1, 0.15) is 12.6 Å². The molecule has 4 aromatic rings. The van der Waals surface area contributed by atoms with E-state index in [4.69, 9.17) is 9.15 Å². The quantitative estimate of drug-likeness (QED) is 0.495. The number of nitrogens with zero attached hydrogens (tertiary/aromatic N) is 2. The highest BCUT2D eigenvalue weighted by Gasteiger charge is 2.22. The zero-order chi connectivity index (χ0) is 19.5. The van der Waals surface area contributed by atoms with Gasteiger partial charge in [0.05, 0.1) is 11.2 Å². The summed E-state index contributed by atoms with van der Waals surface area (Å²) >= 11 is 1.42. The van der Waals surface area contributed by atoms with Crippen LogP contribution in [0.1, 0.15) is 18.7 Å². The van der Waals surface area contributed by atoms with Gasteiger partial charge in [0.2, 0.25) is 0 Å². The SMILES string of the molecule is CC(C(=O)OCc1csc(Nc2ccccc2)n1)n1c(=O)oc2ccccc21. The van der Waals surface area contributed by atoms with Crippen LogP contribution in [0.5, 0.6) is 0 Å². The lowest BCUT2D eigenvalue weighted by molar-refractivity contribution is -0.148. The normalized spacial score (nSPS) is 12.0. The van der Waals surface area contributed by atoms with Crippen molar-refractivity contribution in [2.75, 3.05) is 5.32 Å². The smallest absolute Gasteiger partial charge is 0.420 e. The number of carbonyl (C=O) groups is 1. The van der Waals surface area contributed by atoms with Crippen LogP contribution in [-0.2, 0) is 16.1 Å². The third-order valence-corrected chi connectivity index (χ3v) is 4.99. The number of fused-ring (bicyclic) bond motifs is 1. The lowest BCUT2D eigenvalue weighted by Crippen LogP contribution is -2.26. The van der Waals surface area contributed by atoms with E-state index in [1.165, 1.54) is 15.9 Å². The molecule has 1 atom stereocenters. The summed E-state index contributed by atoms with van der Waals surface area (Å²) < 4.78 is 11.8. The topological polar surface area (TPSA) is 86.4 Å². The van der Waals surface area contributed by atoms with Crippen LogP contribution in [0.2, 0.25) is 0 Å². The zero-order valence-corrected chi connectivity index (χ0v) is 15.8. The molecule has 0 amide bonds. The van der Waals surface area contributed by atoms with Gasteiger partial charge in [-0.25, -0.2) is 14.6 Å². The van der Waals surface area contributed by atoms with E-state index < -0.39 is 17.8 Å². The Hall–Kier alpha value is -3.39. The van der Waals surface area contributed by atoms with Gasteiger partial charge in [-0.3, -0.25) is 4.57 Å². The van der Waals surface area contributed by atoms with Crippen LogP contribution >= 0.6 is 11.3 Å². The van der Waals surface area contributed by atoms with Gasteiger partial charge in [-0.05, 0) is 31.2 Å². The first-order chi connectivity index (χ1) is 13.6. The summed E-state index contributed by atoms with van der Waals surface area (Å²) in [7, 11) is 0. The number of aromatic nitrogens is 2. The molecule has 0 spiro atoms. The predicted octanol–water partition coefficient (Wildman–Crippen LogP) is 4.10. The number of nitrogens with one attached hydrogen (secondary N) is 1. The van der Waals surface area contributed by atoms with Crippen molar-refractivity contribution in [3.05, 3.63) is 76.2 Å². The molecule has 142 valence electrons. The number of hydrogen-bond donors (Lipinski definition) is 1. The van der Waals surface area contributed by atoms with Crippen LogP contribution in [0.4, 0.5) is 10.8 Å². The Labute approximate surface area is 164 Å². The molecule has 0 saturated heterocycles. The highest BCUT2D eigenvalue weighted by molar-refractivity contribution is 7.13. The molecule has 2 heterocycles. The summed E-state index contributed by atoms with van der Waals surface area (Å²) in [5.74, 6) is -1.12. The fourth-order valence-corrected chi connectivity index (χ4v) is 3.51. The molecule has 0 bridgehead atoms. The van der Waals surface area contributed by atoms with Crippen molar-refractivity contribution in [2.24, 2.45) is 0 Å². The molecule has 0 saturated carbocycles. The minimum Gasteiger partial charge on any atom is -0.458 e. The Morgan fingerprint density at radius 2 is 1.96 bits per heavy atom. The van der Waals surface area contributed by atoms with Crippen LogP contribution in [0, 0.1) is 0 Å². The Kier molecular flexibility index (Phi) is 4.94. The third kappa shape index (κ3) is 3.67. The van der Waals surface area contributed by atoms with Gasteiger partial charge in [0.25, 0.3) is 0 Å². The molecular weight excluding hydrogens is 378 g/mol. The lowest BCUT2D eigenvalue weighted by atomic mass is 10.3. The van der Waals surface area contributed by atoms with Crippen molar-refractivity contribution < 1.29 is 13.9 Å². The average Bonchev–Trinajstić information content (AvgIpc) is 3.29. The average molecular weight is 395 g/mol. The van der Waals surface area contributed by atoms with Gasteiger partial charge in [-0.2, -0.15) is 0 Å². The molecule has 0 aliphatic carbocycles. The van der Waals surface area contributed by atoms with E-state index >= 15 is 0 Å². The Balaban J connectivity index is 1.41. The molecule has 1 N–H and O–H groups in total. The molecule has 4 rings (SSSR count). The fraction of sp³-hybridized carbons (Fsp3) is 0.150. The minimum absolute atomic E-state index is 0.0284. The second-order valence-electron chi connectivity index (χ2n) is 6.12. The highest BCUT2D eigenvalue weighted by Crippen LogP contribution is 2.22. The molecule has 28 heavy (non-hydrogen) atoms. The molecule has 0 radical (unpaired) electrons. The summed E-state index contributed by atoms with van der Waals surface area (Å²) in [6, 6.07) is 15.8. The molecule has 8 heteroatoms. The number of oxazole rings is 1. The minimum atomic E-state index is -0.809. The number of rotatable bonds is 6. The third-order valence-electron chi connectivity index (χ3n) is 4.19. The van der Waals surface area contributed by atoms with E-state index in [0.717, 1.165) is 5.69 Å². The standard InChI is InChI=1S/C20H17N3O4S/c1-13(23-16-9-5-6-10-17(16)27-20(23)25)18(24)26-11-15-12-28-19(22-15)21-14-7-3-2-4-8-14/h2-10,12-13H,11H2,1H3,(H,21,22). The fourth-order valence-electron chi connectivity index (χ4n) is 2.80. The van der Waals surface area contributed by atoms with Gasteiger partial charge < -0.3 is 14.5 Å². The Morgan fingerprint density at radius 3 is 2.79 bits per heavy atom. The van der Waals surface area contributed by atoms with Crippen molar-refractivity contribution in [1.29, 1.82) is 0 Å². The maximum Gasteiger partial charge on any atom is 0.420 e. The number of ether oxygens (including phenoxy) is 1. The van der Waals surface area contributed by atoms with Crippen LogP contribution in [0.25, 0.3) is 11.1 Å². The molecular formula is C20H17N3O4S. The molecule has 0 aliphatic heterocycles. The van der Waals surface area contributed by atoms with Crippen LogP contribution in [0.3, 0.4) is 0 Å². The number of carbonyl (C=O) groups excluding carboxylic acids is 1. The van der Waals surface area contributed by atoms with Gasteiger partial charge in [-0.1, -0.05) is 30.3 Å². The summed E-state index contributed by atoms with van der Waals surface area (Å²) in [6.45, 7) is 1.63. The van der Waals surface area contributed by atoms with Gasteiger partial charge in [0.15, 0.2) is 10.7 Å². The number of esters is 1. The van der Waals surface area contributed by atoms with Gasteiger partial charge in [-0.15, -0.1) is 11.3 Å². The number of para-hydroxylation sites is 3. The Bertz CT molecular complexity index is 1160. The van der Waals surface area contributed by atoms with Crippen molar-refractivity contribution in [1.82, 2.24) is 9.55 Å².